The average molecular weight is 331 g/mol. The number of hydrogen-bond acceptors (Lipinski definition) is 8. The third kappa shape index (κ3) is 2.58. The minimum Gasteiger partial charge on any atom is -0.394 e. The number of aromatic nitrogens is 4. The SMILES string of the molecule is [N-]=[N+]=N[C@@H]1C[C@H](n2cnc3c(NC4CC4)nc(N)nc32)O[C@@H]1CO. The Morgan fingerprint density at radius 3 is 3.04 bits per heavy atom. The number of aliphatic hydroxyl groups excluding tert-OH is 1. The number of rotatable bonds is 5. The molecule has 0 radical (unpaired) electrons. The number of nitrogen functional groups attached to an aromatic ring is 1. The monoisotopic (exact) mass is 331 g/mol. The molecular formula is C13H17N9O2. The number of hydrogen-bond donors (Lipinski definition) is 3. The van der Waals surface area contributed by atoms with Crippen molar-refractivity contribution in [1.82, 2.24) is 19.5 Å². The minimum absolute atomic E-state index is 0.149. The first-order valence-corrected chi connectivity index (χ1v) is 7.76. The Morgan fingerprint density at radius 1 is 1.50 bits per heavy atom. The highest BCUT2D eigenvalue weighted by Gasteiger charge is 2.36. The molecule has 0 amide bonds. The first-order valence-electron chi connectivity index (χ1n) is 7.76. The number of azide groups is 1. The summed E-state index contributed by atoms with van der Waals surface area (Å²) in [5, 5.41) is 16.4. The molecule has 0 unspecified atom stereocenters. The normalized spacial score (nSPS) is 26.5. The van der Waals surface area contributed by atoms with Gasteiger partial charge in [0.1, 0.15) is 6.23 Å². The maximum Gasteiger partial charge on any atom is 0.224 e. The van der Waals surface area contributed by atoms with Gasteiger partial charge in [0.05, 0.1) is 25.1 Å². The summed E-state index contributed by atoms with van der Waals surface area (Å²) in [6.07, 6.45) is 3.25. The van der Waals surface area contributed by atoms with Crippen LogP contribution in [-0.2, 0) is 4.74 Å². The van der Waals surface area contributed by atoms with Gasteiger partial charge in [0.25, 0.3) is 0 Å². The predicted molar refractivity (Wildman–Crippen MR) is 84.9 cm³/mol. The first kappa shape index (κ1) is 14.9. The average Bonchev–Trinajstić information content (AvgIpc) is 3.13. The second-order valence-corrected chi connectivity index (χ2v) is 5.99. The molecule has 0 aromatic carbocycles. The van der Waals surface area contributed by atoms with Crippen molar-refractivity contribution in [3.63, 3.8) is 0 Å². The van der Waals surface area contributed by atoms with Crippen molar-refractivity contribution in [3.8, 4) is 0 Å². The molecule has 4 rings (SSSR count). The van der Waals surface area contributed by atoms with Crippen LogP contribution in [0, 0.1) is 0 Å². The maximum absolute atomic E-state index is 9.40. The molecule has 1 saturated carbocycles. The molecule has 2 aromatic heterocycles. The van der Waals surface area contributed by atoms with Crippen molar-refractivity contribution in [2.24, 2.45) is 5.11 Å². The molecule has 2 aliphatic rings. The van der Waals surface area contributed by atoms with E-state index in [-0.39, 0.29) is 12.6 Å². The molecule has 3 heterocycles. The van der Waals surface area contributed by atoms with Crippen LogP contribution in [0.15, 0.2) is 11.4 Å². The number of nitrogens with two attached hydrogens (primary N) is 1. The topological polar surface area (TPSA) is 160 Å². The highest BCUT2D eigenvalue weighted by Crippen LogP contribution is 2.34. The molecule has 1 saturated heterocycles. The number of nitrogens with zero attached hydrogens (tertiary/aromatic N) is 7. The summed E-state index contributed by atoms with van der Waals surface area (Å²) in [5.41, 5.74) is 15.6. The first-order chi connectivity index (χ1) is 11.7. The van der Waals surface area contributed by atoms with Crippen LogP contribution in [0.2, 0.25) is 0 Å². The molecule has 11 heteroatoms. The molecule has 2 fully saturated rings. The van der Waals surface area contributed by atoms with Crippen molar-refractivity contribution >= 4 is 22.9 Å². The molecule has 1 aliphatic heterocycles. The second kappa shape index (κ2) is 5.78. The van der Waals surface area contributed by atoms with Crippen LogP contribution in [0.25, 0.3) is 21.6 Å². The van der Waals surface area contributed by atoms with Gasteiger partial charge in [-0.05, 0) is 18.4 Å². The minimum atomic E-state index is -0.549. The van der Waals surface area contributed by atoms with Gasteiger partial charge in [-0.1, -0.05) is 5.11 Å². The van der Waals surface area contributed by atoms with Crippen LogP contribution >= 0.6 is 0 Å². The van der Waals surface area contributed by atoms with Crippen LogP contribution in [0.3, 0.4) is 0 Å². The molecule has 24 heavy (non-hydrogen) atoms. The van der Waals surface area contributed by atoms with E-state index in [1.807, 2.05) is 0 Å². The van der Waals surface area contributed by atoms with Crippen LogP contribution in [0.1, 0.15) is 25.5 Å². The Bertz CT molecular complexity index is 811. The van der Waals surface area contributed by atoms with E-state index in [9.17, 15) is 5.11 Å². The Kier molecular flexibility index (Phi) is 3.60. The van der Waals surface area contributed by atoms with Crippen molar-refractivity contribution < 1.29 is 9.84 Å². The summed E-state index contributed by atoms with van der Waals surface area (Å²) in [4.78, 5) is 15.7. The highest BCUT2D eigenvalue weighted by molar-refractivity contribution is 5.84. The quantitative estimate of drug-likeness (QED) is 0.417. The summed E-state index contributed by atoms with van der Waals surface area (Å²) in [6, 6.07) is -0.0332. The highest BCUT2D eigenvalue weighted by atomic mass is 16.5. The van der Waals surface area contributed by atoms with Crippen LogP contribution < -0.4 is 11.1 Å². The Morgan fingerprint density at radius 2 is 2.33 bits per heavy atom. The fourth-order valence-electron chi connectivity index (χ4n) is 2.90. The van der Waals surface area contributed by atoms with Crippen LogP contribution in [-0.4, -0.2) is 49.4 Å². The van der Waals surface area contributed by atoms with Gasteiger partial charge in [0, 0.05) is 17.4 Å². The van der Waals surface area contributed by atoms with E-state index in [2.05, 4.69) is 30.3 Å². The van der Waals surface area contributed by atoms with E-state index >= 15 is 0 Å². The number of anilines is 2. The third-order valence-electron chi connectivity index (χ3n) is 4.25. The van der Waals surface area contributed by atoms with Gasteiger partial charge in [-0.2, -0.15) is 9.97 Å². The number of imidazole rings is 1. The van der Waals surface area contributed by atoms with Gasteiger partial charge in [0.2, 0.25) is 5.95 Å². The zero-order valence-electron chi connectivity index (χ0n) is 12.8. The Balaban J connectivity index is 1.69. The lowest BCUT2D eigenvalue weighted by Crippen LogP contribution is -2.22. The van der Waals surface area contributed by atoms with Crippen molar-refractivity contribution in [3.05, 3.63) is 16.8 Å². The van der Waals surface area contributed by atoms with Crippen molar-refractivity contribution in [2.75, 3.05) is 17.7 Å². The summed E-state index contributed by atoms with van der Waals surface area (Å²) < 4.78 is 7.53. The van der Waals surface area contributed by atoms with Crippen molar-refractivity contribution in [2.45, 2.75) is 43.7 Å². The predicted octanol–water partition coefficient (Wildman–Crippen LogP) is 0.942. The summed E-state index contributed by atoms with van der Waals surface area (Å²) >= 11 is 0. The van der Waals surface area contributed by atoms with Gasteiger partial charge < -0.3 is 20.9 Å². The van der Waals surface area contributed by atoms with Crippen LogP contribution in [0.5, 0.6) is 0 Å². The molecule has 126 valence electrons. The summed E-state index contributed by atoms with van der Waals surface area (Å²) in [7, 11) is 0. The summed E-state index contributed by atoms with van der Waals surface area (Å²) in [6.45, 7) is -0.224. The molecule has 3 atom stereocenters. The molecule has 2 aromatic rings. The number of nitrogens with one attached hydrogen (secondary N) is 1. The molecule has 1 aliphatic carbocycles. The lowest BCUT2D eigenvalue weighted by molar-refractivity contribution is -0.0232. The second-order valence-electron chi connectivity index (χ2n) is 5.99. The third-order valence-corrected chi connectivity index (χ3v) is 4.25. The maximum atomic E-state index is 9.40. The van der Waals surface area contributed by atoms with Crippen molar-refractivity contribution in [1.29, 1.82) is 0 Å². The van der Waals surface area contributed by atoms with E-state index in [1.165, 1.54) is 0 Å². The Labute approximate surface area is 136 Å². The zero-order chi connectivity index (χ0) is 16.7. The van der Waals surface area contributed by atoms with E-state index in [0.717, 1.165) is 12.8 Å². The lowest BCUT2D eigenvalue weighted by atomic mass is 10.1. The van der Waals surface area contributed by atoms with Crippen LogP contribution in [0.4, 0.5) is 11.8 Å². The van der Waals surface area contributed by atoms with Gasteiger partial charge in [-0.25, -0.2) is 4.98 Å². The standard InChI is InChI=1S/C13H17N9O2/c14-13-18-11(17-6-1-2-6)10-12(19-13)22(5-16-10)9-3-7(20-21-15)8(4-23)24-9/h5-9,23H,1-4H2,(H3,14,17,18,19)/t7-,8-,9-/m1/s1. The zero-order valence-corrected chi connectivity index (χ0v) is 12.8. The lowest BCUT2D eigenvalue weighted by Gasteiger charge is -2.14. The van der Waals surface area contributed by atoms with Gasteiger partial charge >= 0.3 is 0 Å². The number of aliphatic hydroxyl groups is 1. The summed E-state index contributed by atoms with van der Waals surface area (Å²) in [5.74, 6) is 0.762. The van der Waals surface area contributed by atoms with Gasteiger partial charge in [-0.15, -0.1) is 0 Å². The molecule has 4 N–H and O–H groups in total. The fraction of sp³-hybridized carbons (Fsp3) is 0.615. The largest absolute Gasteiger partial charge is 0.394 e. The van der Waals surface area contributed by atoms with E-state index in [4.69, 9.17) is 16.0 Å². The van der Waals surface area contributed by atoms with E-state index in [0.29, 0.717) is 29.4 Å². The van der Waals surface area contributed by atoms with Gasteiger partial charge in [-0.3, -0.25) is 4.57 Å². The number of ether oxygens (including phenoxy) is 1. The van der Waals surface area contributed by atoms with E-state index < -0.39 is 18.4 Å². The molecule has 11 nitrogen and oxygen atoms in total. The molecule has 0 spiro atoms. The van der Waals surface area contributed by atoms with Gasteiger partial charge in [0.15, 0.2) is 17.0 Å². The fourth-order valence-corrected chi connectivity index (χ4v) is 2.90. The molecular weight excluding hydrogens is 314 g/mol. The smallest absolute Gasteiger partial charge is 0.224 e. The number of fused-ring (bicyclic) bond motifs is 1. The molecule has 0 bridgehead atoms. The Hall–Kier alpha value is -2.62. The van der Waals surface area contributed by atoms with E-state index in [1.54, 1.807) is 10.9 Å².